The Bertz CT molecular complexity index is 956. The van der Waals surface area contributed by atoms with E-state index in [1.807, 2.05) is 89.8 Å². The molecule has 4 rings (SSSR count). The molecule has 4 heteroatoms. The fourth-order valence-electron chi connectivity index (χ4n) is 4.64. The first kappa shape index (κ1) is 21.1. The highest BCUT2D eigenvalue weighted by molar-refractivity contribution is 5.79. The van der Waals surface area contributed by atoms with Gasteiger partial charge >= 0.3 is 0 Å². The first-order valence-electron chi connectivity index (χ1n) is 10.9. The van der Waals surface area contributed by atoms with E-state index in [0.29, 0.717) is 19.5 Å². The molecule has 0 radical (unpaired) electrons. The van der Waals surface area contributed by atoms with E-state index >= 15 is 0 Å². The number of benzene rings is 3. The summed E-state index contributed by atoms with van der Waals surface area (Å²) in [4.78, 5) is 14.8. The fourth-order valence-corrected chi connectivity index (χ4v) is 4.64. The van der Waals surface area contributed by atoms with Crippen LogP contribution in [0.1, 0.15) is 29.5 Å². The minimum atomic E-state index is -1.07. The number of carbonyl (C=O) groups is 1. The van der Waals surface area contributed by atoms with Crippen molar-refractivity contribution in [1.82, 2.24) is 4.90 Å². The van der Waals surface area contributed by atoms with Gasteiger partial charge < -0.3 is 14.7 Å². The standard InChI is InChI=1S/C27H29NO3/c1-31-25-14-8-9-21(19-25)20-26(29)28-17-15-24(16-18-28)27(30,22-10-4-2-5-11-22)23-12-6-3-7-13-23/h2-14,19,24,30H,15-18,20H2,1H3. The summed E-state index contributed by atoms with van der Waals surface area (Å²) in [5.74, 6) is 0.924. The molecule has 1 saturated heterocycles. The van der Waals surface area contributed by atoms with Crippen LogP contribution in [0.5, 0.6) is 5.75 Å². The van der Waals surface area contributed by atoms with E-state index in [9.17, 15) is 9.90 Å². The Morgan fingerprint density at radius 1 is 0.935 bits per heavy atom. The molecule has 0 aliphatic carbocycles. The van der Waals surface area contributed by atoms with Crippen molar-refractivity contribution in [2.75, 3.05) is 20.2 Å². The summed E-state index contributed by atoms with van der Waals surface area (Å²) in [5.41, 5.74) is 1.70. The van der Waals surface area contributed by atoms with Gasteiger partial charge in [-0.1, -0.05) is 72.8 Å². The van der Waals surface area contributed by atoms with Crippen molar-refractivity contribution in [2.24, 2.45) is 5.92 Å². The van der Waals surface area contributed by atoms with Gasteiger partial charge in [-0.3, -0.25) is 4.79 Å². The van der Waals surface area contributed by atoms with Crippen molar-refractivity contribution in [3.8, 4) is 5.75 Å². The number of hydrogen-bond acceptors (Lipinski definition) is 3. The molecule has 1 heterocycles. The third kappa shape index (κ3) is 4.49. The second-order valence-electron chi connectivity index (χ2n) is 8.18. The minimum absolute atomic E-state index is 0.0400. The number of aliphatic hydroxyl groups is 1. The zero-order valence-electron chi connectivity index (χ0n) is 17.9. The van der Waals surface area contributed by atoms with Gasteiger partial charge in [0.05, 0.1) is 13.5 Å². The van der Waals surface area contributed by atoms with Crippen LogP contribution in [0, 0.1) is 5.92 Å². The predicted molar refractivity (Wildman–Crippen MR) is 122 cm³/mol. The van der Waals surface area contributed by atoms with Gasteiger partial charge in [-0.15, -0.1) is 0 Å². The third-order valence-corrected chi connectivity index (χ3v) is 6.36. The number of methoxy groups -OCH3 is 1. The summed E-state index contributed by atoms with van der Waals surface area (Å²) in [6.45, 7) is 1.30. The zero-order chi connectivity index (χ0) is 21.7. The second kappa shape index (κ2) is 9.36. The summed E-state index contributed by atoms with van der Waals surface area (Å²) >= 11 is 0. The lowest BCUT2D eigenvalue weighted by Gasteiger charge is -2.42. The van der Waals surface area contributed by atoms with Crippen LogP contribution >= 0.6 is 0 Å². The van der Waals surface area contributed by atoms with Gasteiger partial charge in [0.2, 0.25) is 5.91 Å². The van der Waals surface area contributed by atoms with Gasteiger partial charge in [0.1, 0.15) is 11.4 Å². The van der Waals surface area contributed by atoms with Crippen molar-refractivity contribution in [2.45, 2.75) is 24.9 Å². The molecule has 0 spiro atoms. The van der Waals surface area contributed by atoms with E-state index < -0.39 is 5.60 Å². The van der Waals surface area contributed by atoms with E-state index in [2.05, 4.69) is 0 Å². The fraction of sp³-hybridized carbons (Fsp3) is 0.296. The molecule has 1 fully saturated rings. The van der Waals surface area contributed by atoms with Gasteiger partial charge in [-0.25, -0.2) is 0 Å². The normalized spacial score (nSPS) is 15.0. The van der Waals surface area contributed by atoms with Crippen molar-refractivity contribution in [3.05, 3.63) is 102 Å². The molecule has 31 heavy (non-hydrogen) atoms. The molecule has 0 aromatic heterocycles. The van der Waals surface area contributed by atoms with Crippen LogP contribution in [-0.2, 0) is 16.8 Å². The summed E-state index contributed by atoms with van der Waals surface area (Å²) < 4.78 is 5.26. The van der Waals surface area contributed by atoms with Gasteiger partial charge in [0.25, 0.3) is 0 Å². The number of piperidine rings is 1. The van der Waals surface area contributed by atoms with Crippen molar-refractivity contribution < 1.29 is 14.6 Å². The van der Waals surface area contributed by atoms with Gasteiger partial charge in [0.15, 0.2) is 0 Å². The smallest absolute Gasteiger partial charge is 0.226 e. The summed E-state index contributed by atoms with van der Waals surface area (Å²) in [6, 6.07) is 27.4. The van der Waals surface area contributed by atoms with Gasteiger partial charge in [-0.05, 0) is 47.6 Å². The Hall–Kier alpha value is -3.11. The molecule has 3 aromatic carbocycles. The van der Waals surface area contributed by atoms with E-state index in [1.165, 1.54) is 0 Å². The second-order valence-corrected chi connectivity index (χ2v) is 8.18. The Kier molecular flexibility index (Phi) is 6.38. The summed E-state index contributed by atoms with van der Waals surface area (Å²) in [6.07, 6.45) is 1.87. The van der Waals surface area contributed by atoms with Crippen molar-refractivity contribution in [3.63, 3.8) is 0 Å². The Balaban J connectivity index is 1.48. The predicted octanol–water partition coefficient (Wildman–Crippen LogP) is 4.41. The van der Waals surface area contributed by atoms with Crippen LogP contribution < -0.4 is 4.74 Å². The SMILES string of the molecule is COc1cccc(CC(=O)N2CCC(C(O)(c3ccccc3)c3ccccc3)CC2)c1. The zero-order valence-corrected chi connectivity index (χ0v) is 17.9. The molecule has 0 bridgehead atoms. The minimum Gasteiger partial charge on any atom is -0.497 e. The number of ether oxygens (including phenoxy) is 1. The van der Waals surface area contributed by atoms with Crippen molar-refractivity contribution >= 4 is 5.91 Å². The number of likely N-dealkylation sites (tertiary alicyclic amines) is 1. The topological polar surface area (TPSA) is 49.8 Å². The third-order valence-electron chi connectivity index (χ3n) is 6.36. The lowest BCUT2D eigenvalue weighted by atomic mass is 9.72. The highest BCUT2D eigenvalue weighted by Crippen LogP contribution is 2.41. The molecule has 3 aromatic rings. The summed E-state index contributed by atoms with van der Waals surface area (Å²) in [5, 5.41) is 12.0. The highest BCUT2D eigenvalue weighted by atomic mass is 16.5. The maximum atomic E-state index is 12.9. The highest BCUT2D eigenvalue weighted by Gasteiger charge is 2.41. The molecule has 0 saturated carbocycles. The lowest BCUT2D eigenvalue weighted by molar-refractivity contribution is -0.133. The number of rotatable bonds is 6. The molecule has 0 atom stereocenters. The van der Waals surface area contributed by atoms with Crippen LogP contribution in [0.15, 0.2) is 84.9 Å². The maximum Gasteiger partial charge on any atom is 0.226 e. The van der Waals surface area contributed by atoms with Gasteiger partial charge in [0, 0.05) is 13.1 Å². The van der Waals surface area contributed by atoms with E-state index in [-0.39, 0.29) is 11.8 Å². The molecular formula is C27H29NO3. The number of amides is 1. The van der Waals surface area contributed by atoms with Crippen LogP contribution in [0.2, 0.25) is 0 Å². The van der Waals surface area contributed by atoms with Crippen LogP contribution in [0.3, 0.4) is 0 Å². The molecule has 160 valence electrons. The first-order chi connectivity index (χ1) is 15.1. The van der Waals surface area contributed by atoms with E-state index in [0.717, 1.165) is 35.3 Å². The molecule has 1 amide bonds. The van der Waals surface area contributed by atoms with Crippen LogP contribution in [0.25, 0.3) is 0 Å². The lowest BCUT2D eigenvalue weighted by Crippen LogP contribution is -2.46. The van der Waals surface area contributed by atoms with Crippen LogP contribution in [-0.4, -0.2) is 36.1 Å². The molecule has 1 aliphatic rings. The number of carbonyl (C=O) groups excluding carboxylic acids is 1. The molecule has 1 N–H and O–H groups in total. The first-order valence-corrected chi connectivity index (χ1v) is 10.9. The van der Waals surface area contributed by atoms with Crippen molar-refractivity contribution in [1.29, 1.82) is 0 Å². The number of hydrogen-bond donors (Lipinski definition) is 1. The van der Waals surface area contributed by atoms with E-state index in [1.54, 1.807) is 7.11 Å². The van der Waals surface area contributed by atoms with E-state index in [4.69, 9.17) is 4.74 Å². The van der Waals surface area contributed by atoms with Gasteiger partial charge in [-0.2, -0.15) is 0 Å². The average molecular weight is 416 g/mol. The Morgan fingerprint density at radius 2 is 1.52 bits per heavy atom. The average Bonchev–Trinajstić information content (AvgIpc) is 2.85. The Morgan fingerprint density at radius 3 is 2.06 bits per heavy atom. The molecule has 4 nitrogen and oxygen atoms in total. The van der Waals surface area contributed by atoms with Crippen LogP contribution in [0.4, 0.5) is 0 Å². The molecular weight excluding hydrogens is 386 g/mol. The molecule has 0 unspecified atom stereocenters. The summed E-state index contributed by atoms with van der Waals surface area (Å²) in [7, 11) is 1.63. The molecule has 1 aliphatic heterocycles. The quantitative estimate of drug-likeness (QED) is 0.649. The largest absolute Gasteiger partial charge is 0.497 e. The number of nitrogens with zero attached hydrogens (tertiary/aromatic N) is 1. The Labute approximate surface area is 184 Å². The monoisotopic (exact) mass is 415 g/mol. The maximum absolute atomic E-state index is 12.9.